The number of nitriles is 1. The number of ether oxygens (including phenoxy) is 2. The number of nitrogens with one attached hydrogen (secondary N) is 1. The largest absolute Gasteiger partial charge is 0.493 e. The second-order valence-corrected chi connectivity index (χ2v) is 5.42. The van der Waals surface area contributed by atoms with Gasteiger partial charge < -0.3 is 14.8 Å². The van der Waals surface area contributed by atoms with E-state index in [9.17, 15) is 4.79 Å². The van der Waals surface area contributed by atoms with Crippen molar-refractivity contribution in [1.29, 1.82) is 5.26 Å². The van der Waals surface area contributed by atoms with Crippen LogP contribution in [0.2, 0.25) is 5.02 Å². The summed E-state index contributed by atoms with van der Waals surface area (Å²) in [5.41, 5.74) is 1.17. The molecule has 0 bridgehead atoms. The van der Waals surface area contributed by atoms with Crippen molar-refractivity contribution in [2.24, 2.45) is 0 Å². The predicted molar refractivity (Wildman–Crippen MR) is 92.5 cm³/mol. The lowest BCUT2D eigenvalue weighted by molar-refractivity contribution is -0.116. The zero-order chi connectivity index (χ0) is 17.4. The third-order valence-electron chi connectivity index (χ3n) is 3.21. The van der Waals surface area contributed by atoms with E-state index in [1.165, 1.54) is 7.11 Å². The lowest BCUT2D eigenvalue weighted by atomic mass is 10.2. The van der Waals surface area contributed by atoms with Gasteiger partial charge in [0.25, 0.3) is 0 Å². The van der Waals surface area contributed by atoms with Gasteiger partial charge in [-0.1, -0.05) is 17.7 Å². The fraction of sp³-hybridized carbons (Fsp3) is 0.222. The van der Waals surface area contributed by atoms with Gasteiger partial charge in [0.15, 0.2) is 11.5 Å². The Morgan fingerprint density at radius 1 is 1.25 bits per heavy atom. The molecule has 2 aromatic carbocycles. The van der Waals surface area contributed by atoms with E-state index in [2.05, 4.69) is 5.32 Å². The van der Waals surface area contributed by atoms with Crippen LogP contribution in [0.4, 0.5) is 5.69 Å². The Hall–Kier alpha value is -2.71. The van der Waals surface area contributed by atoms with Crippen LogP contribution in [0.25, 0.3) is 0 Å². The zero-order valence-corrected chi connectivity index (χ0v) is 14.0. The van der Waals surface area contributed by atoms with Gasteiger partial charge in [0, 0.05) is 23.2 Å². The summed E-state index contributed by atoms with van der Waals surface area (Å²) in [5.74, 6) is 0.942. The molecule has 0 fully saturated rings. The van der Waals surface area contributed by atoms with Gasteiger partial charge in [-0.05, 0) is 36.8 Å². The van der Waals surface area contributed by atoms with Crippen molar-refractivity contribution in [1.82, 2.24) is 0 Å². The van der Waals surface area contributed by atoms with E-state index in [0.717, 1.165) is 0 Å². The van der Waals surface area contributed by atoms with Gasteiger partial charge in [-0.2, -0.15) is 5.26 Å². The Bertz CT molecular complexity index is 756. The summed E-state index contributed by atoms with van der Waals surface area (Å²) in [7, 11) is 1.52. The number of halogens is 1. The van der Waals surface area contributed by atoms with Crippen molar-refractivity contribution in [2.75, 3.05) is 19.0 Å². The second-order valence-electron chi connectivity index (χ2n) is 4.99. The molecule has 0 spiro atoms. The normalized spacial score (nSPS) is 9.88. The quantitative estimate of drug-likeness (QED) is 0.770. The number of methoxy groups -OCH3 is 1. The Labute approximate surface area is 145 Å². The molecule has 0 radical (unpaired) electrons. The molecule has 124 valence electrons. The van der Waals surface area contributed by atoms with E-state index in [0.29, 0.717) is 47.2 Å². The summed E-state index contributed by atoms with van der Waals surface area (Å²) in [6.07, 6.45) is 0.876. The minimum absolute atomic E-state index is 0.104. The van der Waals surface area contributed by atoms with Crippen LogP contribution >= 0.6 is 11.6 Å². The van der Waals surface area contributed by atoms with Crippen LogP contribution in [0.3, 0.4) is 0 Å². The second kappa shape index (κ2) is 8.80. The van der Waals surface area contributed by atoms with Crippen LogP contribution in [0.15, 0.2) is 42.5 Å². The first-order valence-corrected chi connectivity index (χ1v) is 7.76. The van der Waals surface area contributed by atoms with Gasteiger partial charge in [0.2, 0.25) is 5.91 Å². The number of hydrogen-bond donors (Lipinski definition) is 1. The monoisotopic (exact) mass is 344 g/mol. The molecule has 6 heteroatoms. The Morgan fingerprint density at radius 2 is 2.08 bits per heavy atom. The molecule has 5 nitrogen and oxygen atoms in total. The standard InChI is InChI=1S/C18H17ClN2O3/c1-23-17-10-13(12-20)7-8-16(17)24-9-3-6-18(22)21-15-5-2-4-14(19)11-15/h2,4-5,7-8,10-11H,3,6,9H2,1H3,(H,21,22). The number of hydrogen-bond acceptors (Lipinski definition) is 4. The number of benzene rings is 2. The van der Waals surface area contributed by atoms with Gasteiger partial charge in [-0.3, -0.25) is 4.79 Å². The Balaban J connectivity index is 1.78. The van der Waals surface area contributed by atoms with Crippen molar-refractivity contribution in [2.45, 2.75) is 12.8 Å². The summed E-state index contributed by atoms with van der Waals surface area (Å²) in [6.45, 7) is 0.366. The molecule has 0 unspecified atom stereocenters. The molecule has 2 rings (SSSR count). The molecule has 0 atom stereocenters. The minimum Gasteiger partial charge on any atom is -0.493 e. The maximum absolute atomic E-state index is 11.9. The highest BCUT2D eigenvalue weighted by atomic mass is 35.5. The summed E-state index contributed by atoms with van der Waals surface area (Å²) in [4.78, 5) is 11.9. The van der Waals surface area contributed by atoms with E-state index in [-0.39, 0.29) is 5.91 Å². The average Bonchev–Trinajstić information content (AvgIpc) is 2.58. The van der Waals surface area contributed by atoms with Crippen molar-refractivity contribution >= 4 is 23.2 Å². The van der Waals surface area contributed by atoms with Gasteiger partial charge in [0.1, 0.15) is 0 Å². The molecule has 0 heterocycles. The first-order chi connectivity index (χ1) is 11.6. The van der Waals surface area contributed by atoms with Gasteiger partial charge in [0.05, 0.1) is 25.3 Å². The molecule has 0 saturated carbocycles. The summed E-state index contributed by atoms with van der Waals surface area (Å²) < 4.78 is 10.8. The van der Waals surface area contributed by atoms with Gasteiger partial charge in [-0.25, -0.2) is 0 Å². The number of rotatable bonds is 7. The Morgan fingerprint density at radius 3 is 2.79 bits per heavy atom. The Kier molecular flexibility index (Phi) is 6.47. The van der Waals surface area contributed by atoms with Crippen LogP contribution < -0.4 is 14.8 Å². The first-order valence-electron chi connectivity index (χ1n) is 7.38. The fourth-order valence-electron chi connectivity index (χ4n) is 2.06. The number of anilines is 1. The van der Waals surface area contributed by atoms with Crippen LogP contribution in [-0.2, 0) is 4.79 Å². The van der Waals surface area contributed by atoms with Crippen LogP contribution in [0.5, 0.6) is 11.5 Å². The zero-order valence-electron chi connectivity index (χ0n) is 13.2. The van der Waals surface area contributed by atoms with Crippen molar-refractivity contribution in [3.8, 4) is 17.6 Å². The lowest BCUT2D eigenvalue weighted by Gasteiger charge is -2.11. The van der Waals surface area contributed by atoms with Crippen molar-refractivity contribution < 1.29 is 14.3 Å². The van der Waals surface area contributed by atoms with Crippen LogP contribution in [0, 0.1) is 11.3 Å². The molecule has 1 N–H and O–H groups in total. The van der Waals surface area contributed by atoms with Gasteiger partial charge in [-0.15, -0.1) is 0 Å². The fourth-order valence-corrected chi connectivity index (χ4v) is 2.25. The maximum atomic E-state index is 11.9. The predicted octanol–water partition coefficient (Wildman–Crippen LogP) is 4.02. The number of amides is 1. The molecule has 0 saturated heterocycles. The van der Waals surface area contributed by atoms with Crippen LogP contribution in [-0.4, -0.2) is 19.6 Å². The summed E-state index contributed by atoms with van der Waals surface area (Å²) in [5, 5.41) is 12.2. The third kappa shape index (κ3) is 5.18. The van der Waals surface area contributed by atoms with Crippen molar-refractivity contribution in [3.63, 3.8) is 0 Å². The molecule has 24 heavy (non-hydrogen) atoms. The van der Waals surface area contributed by atoms with E-state index in [1.54, 1.807) is 42.5 Å². The molecule has 1 amide bonds. The molecular weight excluding hydrogens is 328 g/mol. The molecule has 0 aliphatic rings. The maximum Gasteiger partial charge on any atom is 0.224 e. The summed E-state index contributed by atoms with van der Waals surface area (Å²) >= 11 is 5.87. The number of nitrogens with zero attached hydrogens (tertiary/aromatic N) is 1. The highest BCUT2D eigenvalue weighted by Gasteiger charge is 2.07. The summed E-state index contributed by atoms with van der Waals surface area (Å²) in [6, 6.07) is 14.0. The van der Waals surface area contributed by atoms with E-state index in [1.807, 2.05) is 6.07 Å². The third-order valence-corrected chi connectivity index (χ3v) is 3.44. The SMILES string of the molecule is COc1cc(C#N)ccc1OCCCC(=O)Nc1cccc(Cl)c1. The lowest BCUT2D eigenvalue weighted by Crippen LogP contribution is -2.12. The number of carbonyl (C=O) groups is 1. The van der Waals surface area contributed by atoms with E-state index >= 15 is 0 Å². The topological polar surface area (TPSA) is 71.3 Å². The van der Waals surface area contributed by atoms with Crippen molar-refractivity contribution in [3.05, 3.63) is 53.1 Å². The first kappa shape index (κ1) is 17.6. The minimum atomic E-state index is -0.104. The average molecular weight is 345 g/mol. The van der Waals surface area contributed by atoms with E-state index < -0.39 is 0 Å². The highest BCUT2D eigenvalue weighted by Crippen LogP contribution is 2.28. The highest BCUT2D eigenvalue weighted by molar-refractivity contribution is 6.30. The smallest absolute Gasteiger partial charge is 0.224 e. The van der Waals surface area contributed by atoms with E-state index in [4.69, 9.17) is 26.3 Å². The molecule has 2 aromatic rings. The molecular formula is C18H17ClN2O3. The molecule has 0 aliphatic heterocycles. The molecule has 0 aliphatic carbocycles. The molecule has 0 aromatic heterocycles. The number of carbonyl (C=O) groups excluding carboxylic acids is 1. The van der Waals surface area contributed by atoms with Crippen LogP contribution in [0.1, 0.15) is 18.4 Å². The van der Waals surface area contributed by atoms with Gasteiger partial charge >= 0.3 is 0 Å².